The number of aliphatic hydroxyl groups excluding tert-OH is 1. The van der Waals surface area contributed by atoms with Crippen LogP contribution in [-0.2, 0) is 11.3 Å². The molecular weight excluding hydrogens is 372 g/mol. The topological polar surface area (TPSA) is 62.7 Å². The van der Waals surface area contributed by atoms with E-state index in [1.165, 1.54) is 4.90 Å². The van der Waals surface area contributed by atoms with Gasteiger partial charge in [-0.1, -0.05) is 44.2 Å². The second-order valence-electron chi connectivity index (χ2n) is 5.74. The molecule has 1 N–H and O–H groups in total. The highest BCUT2D eigenvalue weighted by Gasteiger charge is 2.29. The number of hydrogen-bond acceptors (Lipinski definition) is 4. The van der Waals surface area contributed by atoms with E-state index in [0.717, 1.165) is 10.0 Å². The highest BCUT2D eigenvalue weighted by atomic mass is 79.9. The highest BCUT2D eigenvalue weighted by Crippen LogP contribution is 2.22. The summed E-state index contributed by atoms with van der Waals surface area (Å²) in [5.41, 5.74) is 0.902. The summed E-state index contributed by atoms with van der Waals surface area (Å²) >= 11 is 3.33. The SMILES string of the molecule is CC(C)[C@@H](CO)N(C(=O)OCc1ccccc1)c1ccc(Br)cn1. The van der Waals surface area contributed by atoms with Gasteiger partial charge in [0.1, 0.15) is 12.4 Å². The average Bonchev–Trinajstić information content (AvgIpc) is 2.59. The van der Waals surface area contributed by atoms with Gasteiger partial charge in [0.2, 0.25) is 0 Å². The number of halogens is 1. The predicted octanol–water partition coefficient (Wildman–Crippen LogP) is 4.00. The third-order valence-electron chi connectivity index (χ3n) is 3.65. The predicted molar refractivity (Wildman–Crippen MR) is 96.8 cm³/mol. The molecule has 1 amide bonds. The quantitative estimate of drug-likeness (QED) is 0.806. The minimum absolute atomic E-state index is 0.0460. The maximum absolute atomic E-state index is 12.6. The Kier molecular flexibility index (Phi) is 6.75. The van der Waals surface area contributed by atoms with Crippen molar-refractivity contribution in [3.63, 3.8) is 0 Å². The van der Waals surface area contributed by atoms with Crippen LogP contribution in [0.3, 0.4) is 0 Å². The van der Waals surface area contributed by atoms with Crippen molar-refractivity contribution in [3.8, 4) is 0 Å². The van der Waals surface area contributed by atoms with Gasteiger partial charge < -0.3 is 9.84 Å². The molecule has 1 aromatic carbocycles. The van der Waals surface area contributed by atoms with Crippen LogP contribution in [0.25, 0.3) is 0 Å². The fourth-order valence-electron chi connectivity index (χ4n) is 2.29. The van der Waals surface area contributed by atoms with Crippen LogP contribution in [0.2, 0.25) is 0 Å². The third kappa shape index (κ3) is 4.79. The van der Waals surface area contributed by atoms with Crippen molar-refractivity contribution >= 4 is 27.8 Å². The zero-order chi connectivity index (χ0) is 17.5. The summed E-state index contributed by atoms with van der Waals surface area (Å²) in [6.45, 7) is 3.88. The van der Waals surface area contributed by atoms with Crippen molar-refractivity contribution in [1.29, 1.82) is 0 Å². The number of ether oxygens (including phenoxy) is 1. The lowest BCUT2D eigenvalue weighted by atomic mass is 10.0. The Labute approximate surface area is 150 Å². The molecule has 5 nitrogen and oxygen atoms in total. The number of nitrogens with zero attached hydrogens (tertiary/aromatic N) is 2. The molecule has 0 saturated carbocycles. The second kappa shape index (κ2) is 8.80. The van der Waals surface area contributed by atoms with E-state index in [1.54, 1.807) is 18.3 Å². The van der Waals surface area contributed by atoms with Gasteiger partial charge in [-0.25, -0.2) is 9.78 Å². The lowest BCUT2D eigenvalue weighted by molar-refractivity contribution is 0.136. The maximum atomic E-state index is 12.6. The normalized spacial score (nSPS) is 12.0. The summed E-state index contributed by atoms with van der Waals surface area (Å²) < 4.78 is 6.25. The highest BCUT2D eigenvalue weighted by molar-refractivity contribution is 9.10. The summed E-state index contributed by atoms with van der Waals surface area (Å²) in [4.78, 5) is 18.3. The largest absolute Gasteiger partial charge is 0.444 e. The van der Waals surface area contributed by atoms with E-state index in [9.17, 15) is 9.90 Å². The molecule has 1 atom stereocenters. The number of benzene rings is 1. The molecule has 1 aromatic heterocycles. The van der Waals surface area contributed by atoms with E-state index in [4.69, 9.17) is 4.74 Å². The molecule has 2 rings (SSSR count). The van der Waals surface area contributed by atoms with Gasteiger partial charge in [0.25, 0.3) is 0 Å². The number of aliphatic hydroxyl groups is 1. The van der Waals surface area contributed by atoms with E-state index in [0.29, 0.717) is 5.82 Å². The molecule has 0 aliphatic heterocycles. The zero-order valence-electron chi connectivity index (χ0n) is 13.7. The summed E-state index contributed by atoms with van der Waals surface area (Å²) in [5.74, 6) is 0.494. The molecule has 1 heterocycles. The Bertz CT molecular complexity index is 647. The minimum Gasteiger partial charge on any atom is -0.444 e. The standard InChI is InChI=1S/C18H21BrN2O3/c1-13(2)16(11-22)21(17-9-8-15(19)10-20-17)18(23)24-12-14-6-4-3-5-7-14/h3-10,13,16,22H,11-12H2,1-2H3/t16-/m1/s1. The van der Waals surface area contributed by atoms with Gasteiger partial charge in [0.15, 0.2) is 0 Å². The summed E-state index contributed by atoms with van der Waals surface area (Å²) in [6, 6.07) is 12.6. The van der Waals surface area contributed by atoms with Crippen molar-refractivity contribution < 1.29 is 14.6 Å². The van der Waals surface area contributed by atoms with Crippen molar-refractivity contribution in [2.75, 3.05) is 11.5 Å². The van der Waals surface area contributed by atoms with Gasteiger partial charge in [-0.05, 0) is 39.5 Å². The summed E-state index contributed by atoms with van der Waals surface area (Å²) in [5, 5.41) is 9.73. The van der Waals surface area contributed by atoms with Crippen molar-refractivity contribution in [2.24, 2.45) is 5.92 Å². The van der Waals surface area contributed by atoms with Gasteiger partial charge in [0, 0.05) is 10.7 Å². The Morgan fingerprint density at radius 2 is 1.96 bits per heavy atom. The molecule has 0 aliphatic rings. The summed E-state index contributed by atoms with van der Waals surface area (Å²) in [6.07, 6.45) is 1.09. The monoisotopic (exact) mass is 392 g/mol. The number of hydrogen-bond donors (Lipinski definition) is 1. The molecule has 0 fully saturated rings. The first-order valence-electron chi connectivity index (χ1n) is 7.75. The molecule has 24 heavy (non-hydrogen) atoms. The molecule has 0 radical (unpaired) electrons. The molecule has 128 valence electrons. The van der Waals surface area contributed by atoms with Crippen molar-refractivity contribution in [2.45, 2.75) is 26.5 Å². The number of anilines is 1. The van der Waals surface area contributed by atoms with E-state index in [-0.39, 0.29) is 19.1 Å². The average molecular weight is 393 g/mol. The molecule has 6 heteroatoms. The van der Waals surface area contributed by atoms with Gasteiger partial charge in [0.05, 0.1) is 12.6 Å². The first kappa shape index (κ1) is 18.4. The third-order valence-corrected chi connectivity index (χ3v) is 4.12. The van der Waals surface area contributed by atoms with Crippen LogP contribution in [0.15, 0.2) is 53.1 Å². The van der Waals surface area contributed by atoms with E-state index >= 15 is 0 Å². The molecular formula is C18H21BrN2O3. The van der Waals surface area contributed by atoms with Crippen LogP contribution >= 0.6 is 15.9 Å². The van der Waals surface area contributed by atoms with Gasteiger partial charge in [-0.2, -0.15) is 0 Å². The smallest absolute Gasteiger partial charge is 0.416 e. The van der Waals surface area contributed by atoms with Crippen LogP contribution in [0.1, 0.15) is 19.4 Å². The van der Waals surface area contributed by atoms with E-state index < -0.39 is 12.1 Å². The van der Waals surface area contributed by atoms with E-state index in [1.807, 2.05) is 44.2 Å². The second-order valence-corrected chi connectivity index (χ2v) is 6.65. The van der Waals surface area contributed by atoms with Crippen molar-refractivity contribution in [3.05, 3.63) is 58.7 Å². The first-order chi connectivity index (χ1) is 11.5. The van der Waals surface area contributed by atoms with Gasteiger partial charge in [-0.3, -0.25) is 4.90 Å². The molecule has 0 unspecified atom stereocenters. The van der Waals surface area contributed by atoms with Crippen LogP contribution in [0.4, 0.5) is 10.6 Å². The number of aromatic nitrogens is 1. The van der Waals surface area contributed by atoms with Gasteiger partial charge >= 0.3 is 6.09 Å². The van der Waals surface area contributed by atoms with Crippen LogP contribution < -0.4 is 4.90 Å². The fourth-order valence-corrected chi connectivity index (χ4v) is 2.52. The Morgan fingerprint density at radius 3 is 2.50 bits per heavy atom. The van der Waals surface area contributed by atoms with Crippen LogP contribution in [0, 0.1) is 5.92 Å². The zero-order valence-corrected chi connectivity index (χ0v) is 15.3. The van der Waals surface area contributed by atoms with Crippen LogP contribution in [-0.4, -0.2) is 28.8 Å². The number of carbonyl (C=O) groups excluding carboxylic acids is 1. The number of rotatable bonds is 6. The molecule has 0 bridgehead atoms. The molecule has 0 spiro atoms. The molecule has 0 saturated heterocycles. The van der Waals surface area contributed by atoms with E-state index in [2.05, 4.69) is 20.9 Å². The van der Waals surface area contributed by atoms with Gasteiger partial charge in [-0.15, -0.1) is 0 Å². The first-order valence-corrected chi connectivity index (χ1v) is 8.54. The Hall–Kier alpha value is -1.92. The van der Waals surface area contributed by atoms with Crippen LogP contribution in [0.5, 0.6) is 0 Å². The lowest BCUT2D eigenvalue weighted by Crippen LogP contribution is -2.46. The molecule has 0 aliphatic carbocycles. The summed E-state index contributed by atoms with van der Waals surface area (Å²) in [7, 11) is 0. The minimum atomic E-state index is -0.526. The number of carbonyl (C=O) groups is 1. The fraction of sp³-hybridized carbons (Fsp3) is 0.333. The van der Waals surface area contributed by atoms with Crippen molar-refractivity contribution in [1.82, 2.24) is 4.98 Å². The number of amides is 1. The number of pyridine rings is 1. The maximum Gasteiger partial charge on any atom is 0.416 e. The molecule has 2 aromatic rings. The Balaban J connectivity index is 2.20. The Morgan fingerprint density at radius 1 is 1.25 bits per heavy atom. The lowest BCUT2D eigenvalue weighted by Gasteiger charge is -2.31.